The molecule has 0 aliphatic carbocycles. The third-order valence-electron chi connectivity index (χ3n) is 4.48. The van der Waals surface area contributed by atoms with Gasteiger partial charge in [0.1, 0.15) is 12.3 Å². The average Bonchev–Trinajstić information content (AvgIpc) is 2.82. The largest absolute Gasteiger partial charge is 0.450 e. The van der Waals surface area contributed by atoms with Crippen molar-refractivity contribution in [3.05, 3.63) is 22.4 Å². The maximum absolute atomic E-state index is 11.7. The second-order valence-electron chi connectivity index (χ2n) is 5.73. The first kappa shape index (κ1) is 16.9. The van der Waals surface area contributed by atoms with Crippen molar-refractivity contribution >= 4 is 24.8 Å². The summed E-state index contributed by atoms with van der Waals surface area (Å²) in [6.07, 6.45) is 0.522. The molecule has 1 fully saturated rings. The molecule has 0 bridgehead atoms. The third kappa shape index (κ3) is 3.48. The van der Waals surface area contributed by atoms with Crippen molar-refractivity contribution in [2.75, 3.05) is 6.54 Å². The van der Waals surface area contributed by atoms with Gasteiger partial charge in [-0.15, -0.1) is 0 Å². The summed E-state index contributed by atoms with van der Waals surface area (Å²) >= 11 is 0. The van der Waals surface area contributed by atoms with E-state index in [4.69, 9.17) is 9.26 Å². The number of nitrogens with one attached hydrogen (secondary N) is 1. The van der Waals surface area contributed by atoms with Crippen LogP contribution < -0.4 is 5.32 Å². The van der Waals surface area contributed by atoms with Gasteiger partial charge in [-0.25, -0.2) is 0 Å². The lowest BCUT2D eigenvalue weighted by molar-refractivity contribution is -0.136. The van der Waals surface area contributed by atoms with E-state index in [1.807, 2.05) is 14.1 Å². The molecule has 2 aliphatic rings. The predicted octanol–water partition coefficient (Wildman–Crippen LogP) is 2.13. The summed E-state index contributed by atoms with van der Waals surface area (Å²) in [5, 5.41) is 3.40. The minimum Gasteiger partial charge on any atom is -0.450 e. The number of ether oxygens (including phenoxy) is 1. The standard InChI is InChI=1S/C14H24N2O3P2/c1-7-8(2)10(4)15-13(9(7)3)18-11-5-12(14(17)19-21)16(20)6-11/h11-13,15H,5-6,20-21H2,1-4H3. The Morgan fingerprint density at radius 1 is 1.29 bits per heavy atom. The SMILES string of the molecule is CC1=C(C)C(C)=C(C)C(OC2CC(C(=O)OP)N(P)C2)N1. The maximum Gasteiger partial charge on any atom is 0.325 e. The molecular formula is C14H24N2O3P2. The summed E-state index contributed by atoms with van der Waals surface area (Å²) in [5.41, 5.74) is 4.89. The Kier molecular flexibility index (Phi) is 5.43. The van der Waals surface area contributed by atoms with Gasteiger partial charge in [-0.3, -0.25) is 9.46 Å². The number of allylic oxidation sites excluding steroid dienone is 3. The number of carbonyl (C=O) groups is 1. The van der Waals surface area contributed by atoms with E-state index in [9.17, 15) is 4.79 Å². The van der Waals surface area contributed by atoms with E-state index in [0.717, 1.165) is 5.70 Å². The molecule has 0 aromatic carbocycles. The second-order valence-corrected chi connectivity index (χ2v) is 6.62. The molecule has 5 nitrogen and oxygen atoms in total. The molecule has 0 amide bonds. The van der Waals surface area contributed by atoms with Crippen LogP contribution in [-0.2, 0) is 14.1 Å². The number of carbonyl (C=O) groups excluding carboxylic acids is 1. The Morgan fingerprint density at radius 3 is 2.57 bits per heavy atom. The van der Waals surface area contributed by atoms with E-state index < -0.39 is 0 Å². The van der Waals surface area contributed by atoms with E-state index in [1.165, 1.54) is 16.7 Å². The van der Waals surface area contributed by atoms with Crippen LogP contribution in [0.3, 0.4) is 0 Å². The lowest BCUT2D eigenvalue weighted by Crippen LogP contribution is -2.39. The Hall–Kier alpha value is -0.470. The highest BCUT2D eigenvalue weighted by Gasteiger charge is 2.37. The topological polar surface area (TPSA) is 50.8 Å². The lowest BCUT2D eigenvalue weighted by Gasteiger charge is -2.31. The van der Waals surface area contributed by atoms with E-state index in [0.29, 0.717) is 13.0 Å². The van der Waals surface area contributed by atoms with Gasteiger partial charge < -0.3 is 14.6 Å². The van der Waals surface area contributed by atoms with Crippen LogP contribution in [0.5, 0.6) is 0 Å². The van der Waals surface area contributed by atoms with E-state index in [2.05, 4.69) is 42.4 Å². The fourth-order valence-electron chi connectivity index (χ4n) is 2.75. The smallest absolute Gasteiger partial charge is 0.325 e. The molecule has 0 saturated carbocycles. The van der Waals surface area contributed by atoms with Crippen LogP contribution in [0, 0.1) is 0 Å². The highest BCUT2D eigenvalue weighted by atomic mass is 31.0. The molecule has 1 saturated heterocycles. The van der Waals surface area contributed by atoms with Gasteiger partial charge in [0.15, 0.2) is 0 Å². The highest BCUT2D eigenvalue weighted by molar-refractivity contribution is 7.13. The van der Waals surface area contributed by atoms with E-state index in [1.54, 1.807) is 0 Å². The zero-order valence-electron chi connectivity index (χ0n) is 13.0. The van der Waals surface area contributed by atoms with Crippen LogP contribution in [-0.4, -0.2) is 35.6 Å². The molecule has 0 radical (unpaired) electrons. The first-order valence-electron chi connectivity index (χ1n) is 7.04. The molecule has 1 N–H and O–H groups in total. The van der Waals surface area contributed by atoms with Crippen LogP contribution in [0.15, 0.2) is 22.4 Å². The van der Waals surface area contributed by atoms with Crippen molar-refractivity contribution in [1.82, 2.24) is 9.99 Å². The normalized spacial score (nSPS) is 30.7. The van der Waals surface area contributed by atoms with Crippen molar-refractivity contribution < 1.29 is 14.1 Å². The van der Waals surface area contributed by atoms with Gasteiger partial charge >= 0.3 is 5.97 Å². The molecule has 2 heterocycles. The minimum atomic E-state index is -0.259. The number of dihydropyridines is 1. The Labute approximate surface area is 131 Å². The molecular weight excluding hydrogens is 306 g/mol. The van der Waals surface area contributed by atoms with Gasteiger partial charge in [0.25, 0.3) is 0 Å². The summed E-state index contributed by atoms with van der Waals surface area (Å²) in [6.45, 7) is 9.08. The summed E-state index contributed by atoms with van der Waals surface area (Å²) in [4.78, 5) is 11.7. The zero-order chi connectivity index (χ0) is 15.7. The number of hydrogen-bond donors (Lipinski definition) is 1. The molecule has 0 aromatic rings. The highest BCUT2D eigenvalue weighted by Crippen LogP contribution is 2.30. The number of hydrogen-bond acceptors (Lipinski definition) is 5. The Bertz CT molecular complexity index is 504. The Balaban J connectivity index is 2.03. The summed E-state index contributed by atoms with van der Waals surface area (Å²) < 4.78 is 12.8. The fourth-order valence-corrected chi connectivity index (χ4v) is 3.38. The van der Waals surface area contributed by atoms with Crippen LogP contribution in [0.2, 0.25) is 0 Å². The zero-order valence-corrected chi connectivity index (χ0v) is 15.3. The molecule has 0 aromatic heterocycles. The lowest BCUT2D eigenvalue weighted by atomic mass is 9.97. The van der Waals surface area contributed by atoms with Crippen molar-refractivity contribution in [3.63, 3.8) is 0 Å². The molecule has 2 rings (SSSR count). The summed E-state index contributed by atoms with van der Waals surface area (Å²) in [7, 11) is 4.59. The third-order valence-corrected chi connectivity index (χ3v) is 5.28. The van der Waals surface area contributed by atoms with Gasteiger partial charge in [0, 0.05) is 18.7 Å². The van der Waals surface area contributed by atoms with Gasteiger partial charge in [-0.05, 0) is 44.4 Å². The van der Waals surface area contributed by atoms with Crippen LogP contribution in [0.1, 0.15) is 34.1 Å². The molecule has 118 valence electrons. The quantitative estimate of drug-likeness (QED) is 0.804. The van der Waals surface area contributed by atoms with Crippen molar-refractivity contribution in [2.24, 2.45) is 0 Å². The first-order chi connectivity index (χ1) is 9.85. The molecule has 2 aliphatic heterocycles. The number of nitrogens with zero attached hydrogens (tertiary/aromatic N) is 1. The maximum atomic E-state index is 11.7. The van der Waals surface area contributed by atoms with E-state index in [-0.39, 0.29) is 24.3 Å². The van der Waals surface area contributed by atoms with E-state index >= 15 is 0 Å². The monoisotopic (exact) mass is 330 g/mol. The van der Waals surface area contributed by atoms with Gasteiger partial charge in [0.2, 0.25) is 0 Å². The predicted molar refractivity (Wildman–Crippen MR) is 89.2 cm³/mol. The van der Waals surface area contributed by atoms with Gasteiger partial charge in [0.05, 0.1) is 15.6 Å². The van der Waals surface area contributed by atoms with Gasteiger partial charge in [-0.1, -0.05) is 9.39 Å². The second kappa shape index (κ2) is 6.75. The van der Waals surface area contributed by atoms with Crippen molar-refractivity contribution in [3.8, 4) is 0 Å². The summed E-state index contributed by atoms with van der Waals surface area (Å²) in [6, 6.07) is -0.259. The minimum absolute atomic E-state index is 0.00283. The van der Waals surface area contributed by atoms with Gasteiger partial charge in [-0.2, -0.15) is 0 Å². The van der Waals surface area contributed by atoms with Crippen LogP contribution in [0.4, 0.5) is 0 Å². The number of rotatable bonds is 3. The fraction of sp³-hybridized carbons (Fsp3) is 0.643. The first-order valence-corrected chi connectivity index (χ1v) is 8.03. The van der Waals surface area contributed by atoms with Crippen LogP contribution >= 0.6 is 18.9 Å². The van der Waals surface area contributed by atoms with Crippen LogP contribution in [0.25, 0.3) is 0 Å². The molecule has 7 heteroatoms. The molecule has 5 unspecified atom stereocenters. The molecule has 5 atom stereocenters. The average molecular weight is 330 g/mol. The molecule has 0 spiro atoms. The van der Waals surface area contributed by atoms with Crippen molar-refractivity contribution in [2.45, 2.75) is 52.5 Å². The van der Waals surface area contributed by atoms with Crippen molar-refractivity contribution in [1.29, 1.82) is 0 Å². The molecule has 21 heavy (non-hydrogen) atoms. The summed E-state index contributed by atoms with van der Waals surface area (Å²) in [5.74, 6) is -0.243. The Morgan fingerprint density at radius 2 is 1.95 bits per heavy atom.